The number of halogens is 1. The van der Waals surface area contributed by atoms with Crippen molar-refractivity contribution < 1.29 is 5.11 Å². The number of phenolic OH excluding ortho intramolecular Hbond substituents is 1. The van der Waals surface area contributed by atoms with Gasteiger partial charge < -0.3 is 5.11 Å². The van der Waals surface area contributed by atoms with Gasteiger partial charge in [-0.25, -0.2) is 0 Å². The first-order chi connectivity index (χ1) is 7.61. The lowest BCUT2D eigenvalue weighted by Gasteiger charge is -2.11. The molecule has 0 radical (unpaired) electrons. The first-order valence-electron chi connectivity index (χ1n) is 5.15. The number of rotatable bonds is 1. The standard InChI is InChI=1S/C14H13BrO/c1-9-7-8-11(10(2)14(9)15)12-5-3-4-6-13(12)16/h3-8,16H,1-2H3. The van der Waals surface area contributed by atoms with Gasteiger partial charge in [0.25, 0.3) is 0 Å². The molecule has 0 fully saturated rings. The maximum Gasteiger partial charge on any atom is 0.123 e. The van der Waals surface area contributed by atoms with Crippen LogP contribution in [0.15, 0.2) is 40.9 Å². The number of aromatic hydroxyl groups is 1. The second-order valence-electron chi connectivity index (χ2n) is 3.89. The zero-order valence-electron chi connectivity index (χ0n) is 9.29. The number of phenols is 1. The molecule has 2 aromatic carbocycles. The fourth-order valence-corrected chi connectivity index (χ4v) is 2.16. The molecule has 0 amide bonds. The first-order valence-corrected chi connectivity index (χ1v) is 5.94. The van der Waals surface area contributed by atoms with Crippen LogP contribution in [0.4, 0.5) is 0 Å². The Labute approximate surface area is 104 Å². The molecule has 0 aromatic heterocycles. The molecular weight excluding hydrogens is 264 g/mol. The SMILES string of the molecule is Cc1ccc(-c2ccccc2O)c(C)c1Br. The van der Waals surface area contributed by atoms with E-state index in [2.05, 4.69) is 35.8 Å². The van der Waals surface area contributed by atoms with Crippen LogP contribution >= 0.6 is 15.9 Å². The van der Waals surface area contributed by atoms with E-state index in [1.165, 1.54) is 5.56 Å². The maximum atomic E-state index is 9.83. The van der Waals surface area contributed by atoms with E-state index in [0.717, 1.165) is 21.2 Å². The molecule has 0 saturated heterocycles. The highest BCUT2D eigenvalue weighted by Crippen LogP contribution is 2.35. The summed E-state index contributed by atoms with van der Waals surface area (Å²) in [5.74, 6) is 0.321. The van der Waals surface area contributed by atoms with Crippen molar-refractivity contribution in [2.45, 2.75) is 13.8 Å². The third kappa shape index (κ3) is 1.85. The van der Waals surface area contributed by atoms with E-state index in [9.17, 15) is 5.11 Å². The summed E-state index contributed by atoms with van der Waals surface area (Å²) in [6, 6.07) is 11.5. The summed E-state index contributed by atoms with van der Waals surface area (Å²) >= 11 is 3.57. The first kappa shape index (κ1) is 11.2. The van der Waals surface area contributed by atoms with E-state index < -0.39 is 0 Å². The van der Waals surface area contributed by atoms with Gasteiger partial charge in [-0.3, -0.25) is 0 Å². The van der Waals surface area contributed by atoms with Gasteiger partial charge in [0.05, 0.1) is 0 Å². The van der Waals surface area contributed by atoms with Gasteiger partial charge in [0.1, 0.15) is 5.75 Å². The zero-order chi connectivity index (χ0) is 11.7. The van der Waals surface area contributed by atoms with Gasteiger partial charge in [-0.15, -0.1) is 0 Å². The van der Waals surface area contributed by atoms with Crippen molar-refractivity contribution in [3.8, 4) is 16.9 Å². The number of aryl methyl sites for hydroxylation is 1. The van der Waals surface area contributed by atoms with Crippen LogP contribution in [0.3, 0.4) is 0 Å². The van der Waals surface area contributed by atoms with Crippen molar-refractivity contribution in [2.75, 3.05) is 0 Å². The van der Waals surface area contributed by atoms with Crippen LogP contribution in [0.2, 0.25) is 0 Å². The van der Waals surface area contributed by atoms with Crippen LogP contribution in [0.25, 0.3) is 11.1 Å². The zero-order valence-corrected chi connectivity index (χ0v) is 10.9. The smallest absolute Gasteiger partial charge is 0.123 e. The quantitative estimate of drug-likeness (QED) is 0.817. The third-order valence-electron chi connectivity index (χ3n) is 2.77. The Morgan fingerprint density at radius 3 is 2.31 bits per heavy atom. The molecule has 0 aliphatic heterocycles. The third-order valence-corrected chi connectivity index (χ3v) is 3.99. The van der Waals surface area contributed by atoms with Crippen molar-refractivity contribution in [1.82, 2.24) is 0 Å². The molecular formula is C14H13BrO. The fraction of sp³-hybridized carbons (Fsp3) is 0.143. The van der Waals surface area contributed by atoms with Crippen LogP contribution in [-0.4, -0.2) is 5.11 Å². The van der Waals surface area contributed by atoms with Crippen molar-refractivity contribution in [3.05, 3.63) is 52.0 Å². The number of hydrogen-bond donors (Lipinski definition) is 1. The highest BCUT2D eigenvalue weighted by molar-refractivity contribution is 9.10. The molecule has 1 N–H and O–H groups in total. The minimum atomic E-state index is 0.321. The Hall–Kier alpha value is -1.28. The molecule has 0 aliphatic carbocycles. The second kappa shape index (κ2) is 4.30. The molecule has 2 rings (SSSR count). The number of hydrogen-bond acceptors (Lipinski definition) is 1. The van der Waals surface area contributed by atoms with E-state index in [1.54, 1.807) is 6.07 Å². The van der Waals surface area contributed by atoms with E-state index >= 15 is 0 Å². The van der Waals surface area contributed by atoms with Crippen LogP contribution < -0.4 is 0 Å². The lowest BCUT2D eigenvalue weighted by molar-refractivity contribution is 0.477. The Bertz CT molecular complexity index is 532. The van der Waals surface area contributed by atoms with E-state index in [0.29, 0.717) is 5.75 Å². The predicted molar refractivity (Wildman–Crippen MR) is 70.7 cm³/mol. The molecule has 0 heterocycles. The monoisotopic (exact) mass is 276 g/mol. The van der Waals surface area contributed by atoms with Gasteiger partial charge >= 0.3 is 0 Å². The fourth-order valence-electron chi connectivity index (χ4n) is 1.81. The molecule has 2 aromatic rings. The Balaban J connectivity index is 2.66. The average Bonchev–Trinajstić information content (AvgIpc) is 2.28. The lowest BCUT2D eigenvalue weighted by Crippen LogP contribution is -1.88. The average molecular weight is 277 g/mol. The molecule has 0 unspecified atom stereocenters. The summed E-state index contributed by atoms with van der Waals surface area (Å²) in [5.41, 5.74) is 4.30. The second-order valence-corrected chi connectivity index (χ2v) is 4.68. The van der Waals surface area contributed by atoms with Gasteiger partial charge in [-0.2, -0.15) is 0 Å². The molecule has 0 bridgehead atoms. The van der Waals surface area contributed by atoms with Gasteiger partial charge in [-0.05, 0) is 36.6 Å². The molecule has 0 spiro atoms. The molecule has 0 saturated carbocycles. The predicted octanol–water partition coefficient (Wildman–Crippen LogP) is 4.44. The molecule has 0 atom stereocenters. The largest absolute Gasteiger partial charge is 0.507 e. The van der Waals surface area contributed by atoms with Crippen molar-refractivity contribution in [2.24, 2.45) is 0 Å². The summed E-state index contributed by atoms with van der Waals surface area (Å²) in [6.45, 7) is 4.12. The molecule has 82 valence electrons. The van der Waals surface area contributed by atoms with Gasteiger partial charge in [0.2, 0.25) is 0 Å². The Morgan fingerprint density at radius 2 is 1.62 bits per heavy atom. The normalized spacial score (nSPS) is 10.4. The molecule has 2 heteroatoms. The van der Waals surface area contributed by atoms with Crippen LogP contribution in [0.5, 0.6) is 5.75 Å². The number of benzene rings is 2. The summed E-state index contributed by atoms with van der Waals surface area (Å²) < 4.78 is 1.10. The molecule has 0 aliphatic rings. The molecule has 1 nitrogen and oxygen atoms in total. The minimum absolute atomic E-state index is 0.321. The minimum Gasteiger partial charge on any atom is -0.507 e. The van der Waals surface area contributed by atoms with Crippen molar-refractivity contribution in [1.29, 1.82) is 0 Å². The van der Waals surface area contributed by atoms with E-state index in [4.69, 9.17) is 0 Å². The van der Waals surface area contributed by atoms with Crippen molar-refractivity contribution in [3.63, 3.8) is 0 Å². The highest BCUT2D eigenvalue weighted by Gasteiger charge is 2.09. The summed E-state index contributed by atoms with van der Waals surface area (Å²) in [5, 5.41) is 9.83. The van der Waals surface area contributed by atoms with Gasteiger partial charge in [-0.1, -0.05) is 46.3 Å². The van der Waals surface area contributed by atoms with E-state index in [-0.39, 0.29) is 0 Å². The molecule has 16 heavy (non-hydrogen) atoms. The maximum absolute atomic E-state index is 9.83. The summed E-state index contributed by atoms with van der Waals surface area (Å²) in [6.07, 6.45) is 0. The Kier molecular flexibility index (Phi) is 3.01. The van der Waals surface area contributed by atoms with Crippen LogP contribution in [-0.2, 0) is 0 Å². The van der Waals surface area contributed by atoms with Gasteiger partial charge in [0, 0.05) is 10.0 Å². The Morgan fingerprint density at radius 1 is 0.938 bits per heavy atom. The van der Waals surface area contributed by atoms with Crippen LogP contribution in [0, 0.1) is 13.8 Å². The number of para-hydroxylation sites is 1. The van der Waals surface area contributed by atoms with Gasteiger partial charge in [0.15, 0.2) is 0 Å². The van der Waals surface area contributed by atoms with E-state index in [1.807, 2.05) is 24.3 Å². The van der Waals surface area contributed by atoms with Crippen molar-refractivity contribution >= 4 is 15.9 Å². The highest BCUT2D eigenvalue weighted by atomic mass is 79.9. The van der Waals surface area contributed by atoms with Crippen LogP contribution in [0.1, 0.15) is 11.1 Å². The summed E-state index contributed by atoms with van der Waals surface area (Å²) in [7, 11) is 0. The lowest BCUT2D eigenvalue weighted by atomic mass is 9.98. The topological polar surface area (TPSA) is 20.2 Å². The summed E-state index contributed by atoms with van der Waals surface area (Å²) in [4.78, 5) is 0.